The third kappa shape index (κ3) is 7.69. The fraction of sp³-hybridized carbons (Fsp3) is 0.481. The van der Waals surface area contributed by atoms with Crippen LogP contribution in [0.2, 0.25) is 0 Å². The Balaban J connectivity index is 1.68. The van der Waals surface area contributed by atoms with Crippen LogP contribution in [-0.2, 0) is 24.1 Å². The Morgan fingerprint density at radius 2 is 1.78 bits per heavy atom. The number of likely N-dealkylation sites (tertiary alicyclic amines) is 1. The molecule has 1 aliphatic heterocycles. The summed E-state index contributed by atoms with van der Waals surface area (Å²) < 4.78 is 5.91. The van der Waals surface area contributed by atoms with Crippen molar-refractivity contribution in [1.29, 1.82) is 5.26 Å². The maximum absolute atomic E-state index is 12.5. The fourth-order valence-electron chi connectivity index (χ4n) is 4.24. The molecule has 5 heteroatoms. The van der Waals surface area contributed by atoms with E-state index in [4.69, 9.17) is 10.00 Å². The molecule has 1 fully saturated rings. The molecule has 32 heavy (non-hydrogen) atoms. The van der Waals surface area contributed by atoms with Gasteiger partial charge in [-0.15, -0.1) is 0 Å². The van der Waals surface area contributed by atoms with Gasteiger partial charge in [0.1, 0.15) is 6.10 Å². The zero-order valence-electron chi connectivity index (χ0n) is 19.5. The average Bonchev–Trinajstić information content (AvgIpc) is 2.74. The number of nitrogens with one attached hydrogen (secondary N) is 1. The summed E-state index contributed by atoms with van der Waals surface area (Å²) in [6.07, 6.45) is 2.56. The zero-order valence-corrected chi connectivity index (χ0v) is 19.5. The molecule has 0 spiro atoms. The van der Waals surface area contributed by atoms with E-state index in [1.165, 1.54) is 16.7 Å². The molecule has 1 saturated heterocycles. The molecule has 1 heterocycles. The Kier molecular flexibility index (Phi) is 8.30. The van der Waals surface area contributed by atoms with Gasteiger partial charge < -0.3 is 10.1 Å². The number of benzene rings is 2. The quantitative estimate of drug-likeness (QED) is 0.660. The Morgan fingerprint density at radius 1 is 1.09 bits per heavy atom. The molecule has 5 nitrogen and oxygen atoms in total. The van der Waals surface area contributed by atoms with E-state index in [1.807, 2.05) is 26.8 Å². The second-order valence-electron chi connectivity index (χ2n) is 9.77. The number of nitrogens with zero attached hydrogens (tertiary/aromatic N) is 2. The number of aryl methyl sites for hydroxylation is 1. The minimum absolute atomic E-state index is 0.109. The number of rotatable bonds is 7. The van der Waals surface area contributed by atoms with Crippen molar-refractivity contribution in [2.24, 2.45) is 5.92 Å². The summed E-state index contributed by atoms with van der Waals surface area (Å²) >= 11 is 0. The van der Waals surface area contributed by atoms with Crippen LogP contribution in [0.15, 0.2) is 54.6 Å². The first-order valence-electron chi connectivity index (χ1n) is 11.5. The van der Waals surface area contributed by atoms with Gasteiger partial charge in [-0.3, -0.25) is 4.90 Å². The van der Waals surface area contributed by atoms with Crippen LogP contribution in [0.4, 0.5) is 4.79 Å². The first-order chi connectivity index (χ1) is 15.3. The second-order valence-corrected chi connectivity index (χ2v) is 9.77. The summed E-state index contributed by atoms with van der Waals surface area (Å²) in [6, 6.07) is 21.2. The summed E-state index contributed by atoms with van der Waals surface area (Å²) in [6.45, 7) is 8.59. The molecule has 2 aromatic rings. The van der Waals surface area contributed by atoms with Gasteiger partial charge in [0.15, 0.2) is 0 Å². The summed E-state index contributed by atoms with van der Waals surface area (Å²) in [7, 11) is 0. The van der Waals surface area contributed by atoms with Crippen molar-refractivity contribution >= 4 is 6.09 Å². The number of carbonyl (C=O) groups is 1. The van der Waals surface area contributed by atoms with Crippen LogP contribution >= 0.6 is 0 Å². The number of ether oxygens (including phenoxy) is 1. The van der Waals surface area contributed by atoms with Gasteiger partial charge in [0.05, 0.1) is 6.07 Å². The lowest BCUT2D eigenvalue weighted by Gasteiger charge is -2.38. The summed E-state index contributed by atoms with van der Waals surface area (Å²) in [4.78, 5) is 14.9. The fourth-order valence-corrected chi connectivity index (χ4v) is 4.24. The molecule has 1 aliphatic rings. The molecule has 0 aliphatic carbocycles. The molecule has 0 unspecified atom stereocenters. The van der Waals surface area contributed by atoms with Gasteiger partial charge in [-0.2, -0.15) is 5.26 Å². The van der Waals surface area contributed by atoms with Crippen LogP contribution in [0.25, 0.3) is 0 Å². The van der Waals surface area contributed by atoms with Crippen LogP contribution in [0, 0.1) is 17.2 Å². The van der Waals surface area contributed by atoms with E-state index < -0.39 is 0 Å². The minimum Gasteiger partial charge on any atom is -0.446 e. The molecular formula is C27H35N3O2. The topological polar surface area (TPSA) is 65.4 Å². The monoisotopic (exact) mass is 433 g/mol. The van der Waals surface area contributed by atoms with E-state index in [9.17, 15) is 4.79 Å². The Morgan fingerprint density at radius 3 is 2.44 bits per heavy atom. The van der Waals surface area contributed by atoms with Crippen LogP contribution in [0.3, 0.4) is 0 Å². The number of amides is 1. The highest BCUT2D eigenvalue weighted by atomic mass is 16.6. The first kappa shape index (κ1) is 23.8. The van der Waals surface area contributed by atoms with Crippen molar-refractivity contribution in [3.05, 3.63) is 71.3 Å². The number of piperidine rings is 1. The number of carbonyl (C=O) groups excluding carboxylic acids is 1. The molecule has 1 amide bonds. The van der Waals surface area contributed by atoms with Crippen LogP contribution < -0.4 is 5.32 Å². The lowest BCUT2D eigenvalue weighted by Crippen LogP contribution is -2.48. The van der Waals surface area contributed by atoms with Crippen LogP contribution in [0.5, 0.6) is 0 Å². The van der Waals surface area contributed by atoms with Gasteiger partial charge in [-0.25, -0.2) is 4.79 Å². The highest BCUT2D eigenvalue weighted by Gasteiger charge is 2.32. The molecule has 0 aromatic heterocycles. The van der Waals surface area contributed by atoms with Gasteiger partial charge in [-0.05, 0) is 56.7 Å². The lowest BCUT2D eigenvalue weighted by molar-refractivity contribution is 0.00366. The third-order valence-corrected chi connectivity index (χ3v) is 5.78. The maximum atomic E-state index is 12.5. The van der Waals surface area contributed by atoms with Gasteiger partial charge in [0.2, 0.25) is 0 Å². The SMILES string of the molecule is CC(C)(C)NC(=O)O[C@H]1CCN(Cc2ccccc2)C[C@@H]1Cc1ccc(CCC#N)cc1. The molecule has 2 aromatic carbocycles. The first-order valence-corrected chi connectivity index (χ1v) is 11.5. The standard InChI is InChI=1S/C27H35N3O2/c1-27(2,3)29-26(31)32-25-15-17-30(19-23-8-5-4-6-9-23)20-24(25)18-22-13-11-21(12-14-22)10-7-16-28/h4-6,8-9,11-14,24-25H,7,10,15,17-20H2,1-3H3,(H,29,31)/t24-,25-/m0/s1. The predicted octanol–water partition coefficient (Wildman–Crippen LogP) is 5.10. The van der Waals surface area contributed by atoms with E-state index in [0.717, 1.165) is 38.9 Å². The van der Waals surface area contributed by atoms with Crippen molar-refractivity contribution in [3.63, 3.8) is 0 Å². The van der Waals surface area contributed by atoms with Gasteiger partial charge >= 0.3 is 6.09 Å². The highest BCUT2D eigenvalue weighted by Crippen LogP contribution is 2.26. The van der Waals surface area contributed by atoms with Gasteiger partial charge in [0, 0.05) is 37.5 Å². The molecular weight excluding hydrogens is 398 g/mol. The van der Waals surface area contributed by atoms with Crippen molar-refractivity contribution < 1.29 is 9.53 Å². The van der Waals surface area contributed by atoms with Crippen molar-refractivity contribution in [1.82, 2.24) is 10.2 Å². The Hall–Kier alpha value is -2.84. The zero-order chi connectivity index (χ0) is 23.0. The smallest absolute Gasteiger partial charge is 0.407 e. The number of nitriles is 1. The Labute approximate surface area is 192 Å². The molecule has 0 bridgehead atoms. The van der Waals surface area contributed by atoms with Gasteiger partial charge in [-0.1, -0.05) is 54.6 Å². The average molecular weight is 434 g/mol. The van der Waals surface area contributed by atoms with Crippen LogP contribution in [-0.4, -0.2) is 35.7 Å². The molecule has 0 radical (unpaired) electrons. The van der Waals surface area contributed by atoms with E-state index in [0.29, 0.717) is 6.42 Å². The minimum atomic E-state index is -0.337. The second kappa shape index (κ2) is 11.2. The van der Waals surface area contributed by atoms with E-state index in [2.05, 4.69) is 64.8 Å². The highest BCUT2D eigenvalue weighted by molar-refractivity contribution is 5.68. The molecule has 170 valence electrons. The summed E-state index contributed by atoms with van der Waals surface area (Å²) in [5.41, 5.74) is 3.40. The molecule has 1 N–H and O–H groups in total. The lowest BCUT2D eigenvalue weighted by atomic mass is 9.88. The van der Waals surface area contributed by atoms with Crippen molar-refractivity contribution in [2.45, 2.75) is 64.6 Å². The predicted molar refractivity (Wildman–Crippen MR) is 127 cm³/mol. The normalized spacial score (nSPS) is 19.2. The summed E-state index contributed by atoms with van der Waals surface area (Å²) in [5.74, 6) is 0.225. The third-order valence-electron chi connectivity index (χ3n) is 5.78. The van der Waals surface area contributed by atoms with Crippen LogP contribution in [0.1, 0.15) is 50.3 Å². The van der Waals surface area contributed by atoms with E-state index in [1.54, 1.807) is 0 Å². The number of alkyl carbamates (subject to hydrolysis) is 1. The summed E-state index contributed by atoms with van der Waals surface area (Å²) in [5, 5.41) is 11.7. The molecule has 0 saturated carbocycles. The van der Waals surface area contributed by atoms with E-state index in [-0.39, 0.29) is 23.7 Å². The number of hydrogen-bond donors (Lipinski definition) is 1. The Bertz CT molecular complexity index is 897. The van der Waals surface area contributed by atoms with E-state index >= 15 is 0 Å². The number of hydrogen-bond acceptors (Lipinski definition) is 4. The van der Waals surface area contributed by atoms with Gasteiger partial charge in [0.25, 0.3) is 0 Å². The maximum Gasteiger partial charge on any atom is 0.407 e. The molecule has 3 rings (SSSR count). The largest absolute Gasteiger partial charge is 0.446 e. The van der Waals surface area contributed by atoms with Crippen molar-refractivity contribution in [2.75, 3.05) is 13.1 Å². The van der Waals surface area contributed by atoms with Crippen molar-refractivity contribution in [3.8, 4) is 6.07 Å². The molecule has 2 atom stereocenters.